The molecule has 2 aromatic heterocycles. The van der Waals surface area contributed by atoms with Crippen LogP contribution in [0.25, 0.3) is 0 Å². The monoisotopic (exact) mass is 385 g/mol. The summed E-state index contributed by atoms with van der Waals surface area (Å²) < 4.78 is 1.79. The number of hydrogen-bond donors (Lipinski definition) is 2. The Morgan fingerprint density at radius 3 is 2.93 bits per heavy atom. The zero-order valence-corrected chi connectivity index (χ0v) is 16.4. The molecule has 150 valence electrons. The number of likely N-dealkylation sites (tertiary alicyclic amines) is 1. The lowest BCUT2D eigenvalue weighted by molar-refractivity contribution is 0.0669. The van der Waals surface area contributed by atoms with Gasteiger partial charge in [0.1, 0.15) is 5.56 Å². The molecule has 2 N–H and O–H groups in total. The van der Waals surface area contributed by atoms with Crippen molar-refractivity contribution in [3.05, 3.63) is 51.7 Å². The first-order valence-electron chi connectivity index (χ1n) is 9.78. The van der Waals surface area contributed by atoms with Crippen LogP contribution in [0.15, 0.2) is 29.3 Å². The van der Waals surface area contributed by atoms with Crippen molar-refractivity contribution in [1.82, 2.24) is 25.0 Å². The lowest BCUT2D eigenvalue weighted by Crippen LogP contribution is -2.44. The van der Waals surface area contributed by atoms with E-state index in [-0.39, 0.29) is 28.9 Å². The Bertz CT molecular complexity index is 901. The first kappa shape index (κ1) is 19.9. The topological polar surface area (TPSA) is 100 Å². The minimum absolute atomic E-state index is 0.136. The van der Waals surface area contributed by atoms with E-state index in [1.165, 1.54) is 6.20 Å². The molecule has 0 radical (unpaired) electrons. The first-order valence-corrected chi connectivity index (χ1v) is 9.78. The number of nitrogens with zero attached hydrogens (tertiary/aromatic N) is 3. The van der Waals surface area contributed by atoms with Gasteiger partial charge in [-0.15, -0.1) is 0 Å². The molecule has 1 unspecified atom stereocenters. The minimum Gasteiger partial charge on any atom is -0.352 e. The summed E-state index contributed by atoms with van der Waals surface area (Å²) in [7, 11) is 0. The van der Waals surface area contributed by atoms with Crippen molar-refractivity contribution in [2.45, 2.75) is 39.7 Å². The molecular formula is C20H27N5O3. The van der Waals surface area contributed by atoms with Gasteiger partial charge in [0.2, 0.25) is 0 Å². The van der Waals surface area contributed by atoms with E-state index in [0.29, 0.717) is 25.2 Å². The molecule has 1 saturated heterocycles. The van der Waals surface area contributed by atoms with Gasteiger partial charge in [0.15, 0.2) is 0 Å². The van der Waals surface area contributed by atoms with E-state index in [9.17, 15) is 14.4 Å². The van der Waals surface area contributed by atoms with Crippen LogP contribution in [0.4, 0.5) is 0 Å². The molecular weight excluding hydrogens is 358 g/mol. The Hall–Kier alpha value is -2.90. The summed E-state index contributed by atoms with van der Waals surface area (Å²) in [4.78, 5) is 41.3. The number of pyridine rings is 1. The number of piperidine rings is 1. The van der Waals surface area contributed by atoms with Gasteiger partial charge in [0, 0.05) is 38.6 Å². The normalized spacial score (nSPS) is 16.8. The number of aromatic nitrogens is 3. The number of carbonyl (C=O) groups is 2. The van der Waals surface area contributed by atoms with Gasteiger partial charge in [-0.3, -0.25) is 19.1 Å². The highest BCUT2D eigenvalue weighted by molar-refractivity contribution is 5.95. The lowest BCUT2D eigenvalue weighted by atomic mass is 9.97. The Kier molecular flexibility index (Phi) is 6.28. The van der Waals surface area contributed by atoms with Crippen molar-refractivity contribution < 1.29 is 9.59 Å². The van der Waals surface area contributed by atoms with Gasteiger partial charge in [0.25, 0.3) is 17.4 Å². The van der Waals surface area contributed by atoms with Crippen LogP contribution in [0, 0.1) is 12.8 Å². The average molecular weight is 385 g/mol. The van der Waals surface area contributed by atoms with Crippen molar-refractivity contribution in [3.63, 3.8) is 0 Å². The Morgan fingerprint density at radius 1 is 1.36 bits per heavy atom. The maximum atomic E-state index is 12.6. The van der Waals surface area contributed by atoms with E-state index < -0.39 is 0 Å². The Balaban J connectivity index is 1.58. The fraction of sp³-hybridized carbons (Fsp3) is 0.500. The summed E-state index contributed by atoms with van der Waals surface area (Å²) >= 11 is 0. The number of hydrogen-bond acceptors (Lipinski definition) is 4. The first-order chi connectivity index (χ1) is 13.5. The molecule has 0 saturated carbocycles. The summed E-state index contributed by atoms with van der Waals surface area (Å²) in [5.74, 6) is -0.229. The molecule has 1 aliphatic heterocycles. The molecule has 3 rings (SSSR count). The molecule has 0 aromatic carbocycles. The average Bonchev–Trinajstić information content (AvgIpc) is 3.07. The van der Waals surface area contributed by atoms with Gasteiger partial charge in [-0.2, -0.15) is 5.10 Å². The molecule has 28 heavy (non-hydrogen) atoms. The van der Waals surface area contributed by atoms with Gasteiger partial charge in [0.05, 0.1) is 11.3 Å². The molecule has 0 spiro atoms. The van der Waals surface area contributed by atoms with E-state index >= 15 is 0 Å². The van der Waals surface area contributed by atoms with E-state index in [1.54, 1.807) is 27.9 Å². The summed E-state index contributed by atoms with van der Waals surface area (Å²) in [6.45, 7) is 6.33. The zero-order valence-electron chi connectivity index (χ0n) is 16.4. The molecule has 0 bridgehead atoms. The molecule has 2 aromatic rings. The molecule has 3 heterocycles. The third kappa shape index (κ3) is 4.49. The minimum atomic E-state index is -0.373. The Morgan fingerprint density at radius 2 is 2.18 bits per heavy atom. The number of rotatable bonds is 6. The van der Waals surface area contributed by atoms with Gasteiger partial charge in [-0.05, 0) is 44.2 Å². The van der Waals surface area contributed by atoms with Crippen LogP contribution in [-0.4, -0.2) is 51.1 Å². The molecule has 1 aliphatic rings. The second kappa shape index (κ2) is 8.86. The zero-order chi connectivity index (χ0) is 20.1. The standard InChI is InChI=1S/C20H27N5O3/c1-3-9-25-13-17(14(2)23-25)19(27)22-11-15-6-5-10-24(12-15)20(28)16-7-4-8-21-18(16)26/h4,7-8,13,15H,3,5-6,9-12H2,1-2H3,(H,21,26)(H,22,27). The fourth-order valence-corrected chi connectivity index (χ4v) is 3.59. The van der Waals surface area contributed by atoms with E-state index in [2.05, 4.69) is 22.3 Å². The van der Waals surface area contributed by atoms with Crippen molar-refractivity contribution >= 4 is 11.8 Å². The number of carbonyl (C=O) groups excluding carboxylic acids is 2. The van der Waals surface area contributed by atoms with Crippen LogP contribution < -0.4 is 10.9 Å². The van der Waals surface area contributed by atoms with Crippen LogP contribution in [0.1, 0.15) is 52.6 Å². The molecule has 1 atom stereocenters. The predicted octanol–water partition coefficient (Wildman–Crippen LogP) is 1.57. The summed E-state index contributed by atoms with van der Waals surface area (Å²) in [5, 5.41) is 7.34. The largest absolute Gasteiger partial charge is 0.352 e. The third-order valence-corrected chi connectivity index (χ3v) is 5.05. The summed E-state index contributed by atoms with van der Waals surface area (Å²) in [6, 6.07) is 3.20. The molecule has 1 fully saturated rings. The van der Waals surface area contributed by atoms with Crippen LogP contribution in [-0.2, 0) is 6.54 Å². The van der Waals surface area contributed by atoms with E-state index in [0.717, 1.165) is 31.5 Å². The molecule has 8 nitrogen and oxygen atoms in total. The van der Waals surface area contributed by atoms with Crippen molar-refractivity contribution in [2.75, 3.05) is 19.6 Å². The van der Waals surface area contributed by atoms with Crippen LogP contribution in [0.3, 0.4) is 0 Å². The molecule has 0 aliphatic carbocycles. The molecule has 2 amide bonds. The quantitative estimate of drug-likeness (QED) is 0.788. The van der Waals surface area contributed by atoms with E-state index in [4.69, 9.17) is 0 Å². The van der Waals surface area contributed by atoms with Crippen molar-refractivity contribution in [1.29, 1.82) is 0 Å². The van der Waals surface area contributed by atoms with Crippen molar-refractivity contribution in [3.8, 4) is 0 Å². The van der Waals surface area contributed by atoms with Gasteiger partial charge in [-0.1, -0.05) is 6.92 Å². The summed E-state index contributed by atoms with van der Waals surface area (Å²) in [5.41, 5.74) is 1.09. The third-order valence-electron chi connectivity index (χ3n) is 5.05. The van der Waals surface area contributed by atoms with Gasteiger partial charge >= 0.3 is 0 Å². The number of amides is 2. The Labute approximate surface area is 163 Å². The van der Waals surface area contributed by atoms with Crippen LogP contribution in [0.2, 0.25) is 0 Å². The lowest BCUT2D eigenvalue weighted by Gasteiger charge is -2.32. The molecule has 8 heteroatoms. The maximum absolute atomic E-state index is 12.6. The maximum Gasteiger partial charge on any atom is 0.260 e. The van der Waals surface area contributed by atoms with Crippen LogP contribution in [0.5, 0.6) is 0 Å². The smallest absolute Gasteiger partial charge is 0.260 e. The predicted molar refractivity (Wildman–Crippen MR) is 105 cm³/mol. The number of H-pyrrole nitrogens is 1. The number of aromatic amines is 1. The van der Waals surface area contributed by atoms with Gasteiger partial charge < -0.3 is 15.2 Å². The second-order valence-corrected chi connectivity index (χ2v) is 7.27. The van der Waals surface area contributed by atoms with Crippen molar-refractivity contribution in [2.24, 2.45) is 5.92 Å². The number of aryl methyl sites for hydroxylation is 2. The highest BCUT2D eigenvalue weighted by Crippen LogP contribution is 2.17. The van der Waals surface area contributed by atoms with Crippen LogP contribution >= 0.6 is 0 Å². The number of nitrogens with one attached hydrogen (secondary N) is 2. The highest BCUT2D eigenvalue weighted by Gasteiger charge is 2.26. The van der Waals surface area contributed by atoms with E-state index in [1.807, 2.05) is 6.92 Å². The summed E-state index contributed by atoms with van der Waals surface area (Å²) in [6.07, 6.45) is 6.04. The fourth-order valence-electron chi connectivity index (χ4n) is 3.59. The van der Waals surface area contributed by atoms with Gasteiger partial charge in [-0.25, -0.2) is 0 Å². The highest BCUT2D eigenvalue weighted by atomic mass is 16.2. The SMILES string of the molecule is CCCn1cc(C(=O)NCC2CCCN(C(=O)c3ccc[nH]c3=O)C2)c(C)n1. The second-order valence-electron chi connectivity index (χ2n) is 7.27.